The van der Waals surface area contributed by atoms with Gasteiger partial charge < -0.3 is 5.32 Å². The van der Waals surface area contributed by atoms with Gasteiger partial charge in [0.25, 0.3) is 0 Å². The van der Waals surface area contributed by atoms with Crippen LogP contribution >= 0.6 is 0 Å². The summed E-state index contributed by atoms with van der Waals surface area (Å²) in [6.45, 7) is 8.17. The fourth-order valence-corrected chi connectivity index (χ4v) is 2.64. The van der Waals surface area contributed by atoms with Gasteiger partial charge in [0.15, 0.2) is 0 Å². The van der Waals surface area contributed by atoms with Crippen LogP contribution in [0.2, 0.25) is 0 Å². The average molecular weight is 212 g/mol. The van der Waals surface area contributed by atoms with Crippen LogP contribution in [0, 0.1) is 0 Å². The quantitative estimate of drug-likeness (QED) is 0.728. The minimum Gasteiger partial charge on any atom is -0.314 e. The highest BCUT2D eigenvalue weighted by molar-refractivity contribution is 4.94. The van der Waals surface area contributed by atoms with Gasteiger partial charge in [0.2, 0.25) is 0 Å². The van der Waals surface area contributed by atoms with E-state index in [4.69, 9.17) is 0 Å². The van der Waals surface area contributed by atoms with Crippen LogP contribution in [0.25, 0.3) is 0 Å². The first-order valence-electron chi connectivity index (χ1n) is 6.67. The second-order valence-corrected chi connectivity index (χ2v) is 5.03. The molecular weight excluding hydrogens is 184 g/mol. The van der Waals surface area contributed by atoms with Gasteiger partial charge in [0, 0.05) is 25.2 Å². The van der Waals surface area contributed by atoms with Crippen LogP contribution in [0.4, 0.5) is 0 Å². The maximum Gasteiger partial charge on any atom is 0.0331 e. The summed E-state index contributed by atoms with van der Waals surface area (Å²) >= 11 is 0. The zero-order valence-electron chi connectivity index (χ0n) is 10.8. The Balaban J connectivity index is 2.55. The summed E-state index contributed by atoms with van der Waals surface area (Å²) in [4.78, 5) is 2.61. The Morgan fingerprint density at radius 1 is 1.13 bits per heavy atom. The highest BCUT2D eigenvalue weighted by Crippen LogP contribution is 2.28. The van der Waals surface area contributed by atoms with E-state index in [0.717, 1.165) is 6.54 Å². The Morgan fingerprint density at radius 2 is 1.73 bits per heavy atom. The van der Waals surface area contributed by atoms with E-state index in [1.165, 1.54) is 51.6 Å². The Hall–Kier alpha value is -0.0800. The first kappa shape index (κ1) is 13.0. The molecule has 0 aromatic rings. The fraction of sp³-hybridized carbons (Fsp3) is 1.00. The number of rotatable bonds is 6. The lowest BCUT2D eigenvalue weighted by atomic mass is 9.84. The van der Waals surface area contributed by atoms with Crippen molar-refractivity contribution < 1.29 is 0 Å². The lowest BCUT2D eigenvalue weighted by molar-refractivity contribution is 0.0657. The normalized spacial score (nSPS) is 21.8. The molecule has 1 fully saturated rings. The molecule has 2 nitrogen and oxygen atoms in total. The molecule has 1 rings (SSSR count). The largest absolute Gasteiger partial charge is 0.314 e. The van der Waals surface area contributed by atoms with Gasteiger partial charge in [-0.1, -0.05) is 39.5 Å². The van der Waals surface area contributed by atoms with Gasteiger partial charge in [-0.15, -0.1) is 0 Å². The van der Waals surface area contributed by atoms with Crippen LogP contribution < -0.4 is 5.32 Å². The van der Waals surface area contributed by atoms with E-state index in [1.54, 1.807) is 0 Å². The second-order valence-electron chi connectivity index (χ2n) is 5.03. The summed E-state index contributed by atoms with van der Waals surface area (Å²) in [5.41, 5.74) is 0.463. The summed E-state index contributed by atoms with van der Waals surface area (Å²) in [5, 5.41) is 3.58. The number of unbranched alkanes of at least 4 members (excludes halogenated alkanes) is 2. The number of hydrogen-bond acceptors (Lipinski definition) is 2. The van der Waals surface area contributed by atoms with E-state index in [1.807, 2.05) is 0 Å². The van der Waals surface area contributed by atoms with E-state index < -0.39 is 0 Å². The van der Waals surface area contributed by atoms with Gasteiger partial charge >= 0.3 is 0 Å². The van der Waals surface area contributed by atoms with Crippen molar-refractivity contribution in [1.29, 1.82) is 0 Å². The molecule has 0 atom stereocenters. The second kappa shape index (κ2) is 6.49. The van der Waals surface area contributed by atoms with Crippen molar-refractivity contribution in [2.75, 3.05) is 26.7 Å². The van der Waals surface area contributed by atoms with Gasteiger partial charge in [-0.2, -0.15) is 0 Å². The third-order valence-electron chi connectivity index (χ3n) is 3.88. The molecule has 1 saturated heterocycles. The van der Waals surface area contributed by atoms with Crippen LogP contribution in [-0.2, 0) is 0 Å². The van der Waals surface area contributed by atoms with Crippen molar-refractivity contribution in [1.82, 2.24) is 10.2 Å². The molecule has 1 aliphatic heterocycles. The molecule has 1 aliphatic rings. The lowest BCUT2D eigenvalue weighted by Crippen LogP contribution is -2.59. The standard InChI is InChI=1S/C13H28N2/c1-4-6-8-13(9-7-5-2)12-14-10-11-15(13)3/h14H,4-12H2,1-3H3. The molecule has 2 heteroatoms. The zero-order valence-corrected chi connectivity index (χ0v) is 10.8. The fourth-order valence-electron chi connectivity index (χ4n) is 2.64. The van der Waals surface area contributed by atoms with Crippen LogP contribution in [0.1, 0.15) is 52.4 Å². The van der Waals surface area contributed by atoms with Gasteiger partial charge in [-0.3, -0.25) is 4.90 Å². The van der Waals surface area contributed by atoms with Crippen LogP contribution in [0.15, 0.2) is 0 Å². The van der Waals surface area contributed by atoms with Crippen molar-refractivity contribution in [3.05, 3.63) is 0 Å². The Bertz CT molecular complexity index is 160. The molecule has 90 valence electrons. The Morgan fingerprint density at radius 3 is 2.20 bits per heavy atom. The third-order valence-corrected chi connectivity index (χ3v) is 3.88. The molecule has 0 spiro atoms. The van der Waals surface area contributed by atoms with Crippen LogP contribution in [0.5, 0.6) is 0 Å². The molecule has 0 aliphatic carbocycles. The molecule has 0 bridgehead atoms. The average Bonchev–Trinajstić information content (AvgIpc) is 2.27. The van der Waals surface area contributed by atoms with E-state index in [9.17, 15) is 0 Å². The Labute approximate surface area is 95.4 Å². The number of likely N-dealkylation sites (N-methyl/N-ethyl adjacent to an activating group) is 1. The molecule has 15 heavy (non-hydrogen) atoms. The number of piperazine rings is 1. The minimum absolute atomic E-state index is 0.463. The summed E-state index contributed by atoms with van der Waals surface area (Å²) in [6, 6.07) is 0. The summed E-state index contributed by atoms with van der Waals surface area (Å²) in [6.07, 6.45) is 8.12. The lowest BCUT2D eigenvalue weighted by Gasteiger charge is -2.46. The molecule has 0 aromatic carbocycles. The monoisotopic (exact) mass is 212 g/mol. The van der Waals surface area contributed by atoms with Crippen molar-refractivity contribution >= 4 is 0 Å². The van der Waals surface area contributed by atoms with Gasteiger partial charge in [0.05, 0.1) is 0 Å². The van der Waals surface area contributed by atoms with E-state index in [0.29, 0.717) is 5.54 Å². The summed E-state index contributed by atoms with van der Waals surface area (Å²) < 4.78 is 0. The van der Waals surface area contributed by atoms with E-state index in [-0.39, 0.29) is 0 Å². The molecule has 0 amide bonds. The third kappa shape index (κ3) is 3.46. The first-order chi connectivity index (χ1) is 7.25. The first-order valence-corrected chi connectivity index (χ1v) is 6.67. The van der Waals surface area contributed by atoms with Crippen molar-refractivity contribution in [2.45, 2.75) is 57.9 Å². The van der Waals surface area contributed by atoms with Crippen molar-refractivity contribution in [3.63, 3.8) is 0 Å². The smallest absolute Gasteiger partial charge is 0.0331 e. The van der Waals surface area contributed by atoms with E-state index in [2.05, 4.69) is 31.1 Å². The van der Waals surface area contributed by atoms with Crippen LogP contribution in [-0.4, -0.2) is 37.1 Å². The molecule has 1 N–H and O–H groups in total. The highest BCUT2D eigenvalue weighted by Gasteiger charge is 2.34. The van der Waals surface area contributed by atoms with Gasteiger partial charge in [0.1, 0.15) is 0 Å². The highest BCUT2D eigenvalue weighted by atomic mass is 15.2. The summed E-state index contributed by atoms with van der Waals surface area (Å²) in [7, 11) is 2.31. The topological polar surface area (TPSA) is 15.3 Å². The molecule has 0 aromatic heterocycles. The minimum atomic E-state index is 0.463. The predicted octanol–water partition coefficient (Wildman–Crippen LogP) is 2.64. The molecule has 0 radical (unpaired) electrons. The van der Waals surface area contributed by atoms with E-state index >= 15 is 0 Å². The van der Waals surface area contributed by atoms with Gasteiger partial charge in [-0.25, -0.2) is 0 Å². The molecule has 0 unspecified atom stereocenters. The zero-order chi connectivity index (χ0) is 11.1. The maximum absolute atomic E-state index is 3.58. The number of nitrogens with one attached hydrogen (secondary N) is 1. The van der Waals surface area contributed by atoms with Crippen molar-refractivity contribution in [3.8, 4) is 0 Å². The number of nitrogens with zero attached hydrogens (tertiary/aromatic N) is 1. The molecule has 0 saturated carbocycles. The van der Waals surface area contributed by atoms with Crippen LogP contribution in [0.3, 0.4) is 0 Å². The maximum atomic E-state index is 3.58. The molecule has 1 heterocycles. The van der Waals surface area contributed by atoms with Gasteiger partial charge in [-0.05, 0) is 19.9 Å². The SMILES string of the molecule is CCCCC1(CCCC)CNCCN1C. The predicted molar refractivity (Wildman–Crippen MR) is 67.3 cm³/mol. The van der Waals surface area contributed by atoms with Crippen molar-refractivity contribution in [2.24, 2.45) is 0 Å². The number of hydrogen-bond donors (Lipinski definition) is 1. The molecular formula is C13H28N2. The summed E-state index contributed by atoms with van der Waals surface area (Å²) in [5.74, 6) is 0. The Kier molecular flexibility index (Phi) is 5.62.